The van der Waals surface area contributed by atoms with Gasteiger partial charge in [0, 0.05) is 12.8 Å². The zero-order chi connectivity index (χ0) is 36.1. The van der Waals surface area contributed by atoms with E-state index in [2.05, 4.69) is 25.8 Å². The summed E-state index contributed by atoms with van der Waals surface area (Å²) in [6.45, 7) is 1.13. The van der Waals surface area contributed by atoms with Crippen LogP contribution in [0.3, 0.4) is 0 Å². The SMILES string of the molecule is C[C@H](NC(=O)[C@@H](N)CC(=O)O)C(=O)N[C@@H](CC(=O)O)C(=O)N[C@@H](CCC(=O)O)C(=O)N[C@@H](Cc1ccc(OP(=O)(O)O)cc1)C(N)=O. The molecule has 1 aromatic carbocycles. The monoisotopic (exact) mass is 690 g/mol. The van der Waals surface area contributed by atoms with Crippen molar-refractivity contribution < 1.29 is 72.6 Å². The van der Waals surface area contributed by atoms with E-state index in [-0.39, 0.29) is 12.2 Å². The standard InChI is InChI=1S/C25H35N6O15P/c1-11(28-23(40)14(26)9-19(34)35)22(39)31-17(10-20(36)37)25(42)29-15(6-7-18(32)33)24(41)30-16(21(27)38)8-12-2-4-13(5-3-12)46-47(43,44)45/h2-5,11,14-17H,6-10,26H2,1H3,(H2,27,38)(H,28,40)(H,29,42)(H,30,41)(H,31,39)(H,32,33)(H,34,35)(H,36,37)(H2,43,44,45)/t11-,14-,15-,16-,17-/m0/s1. The molecule has 0 saturated carbocycles. The molecule has 1 rings (SSSR count). The molecule has 0 radical (unpaired) electrons. The molecule has 0 aliphatic carbocycles. The van der Waals surface area contributed by atoms with Crippen LogP contribution in [-0.2, 0) is 49.3 Å². The minimum atomic E-state index is -4.85. The topological polar surface area (TPSA) is 364 Å². The predicted molar refractivity (Wildman–Crippen MR) is 155 cm³/mol. The van der Waals surface area contributed by atoms with Crippen LogP contribution in [0.25, 0.3) is 0 Å². The lowest BCUT2D eigenvalue weighted by Gasteiger charge is -2.25. The van der Waals surface area contributed by atoms with E-state index in [1.807, 2.05) is 0 Å². The fourth-order valence-corrected chi connectivity index (χ4v) is 4.11. The molecule has 260 valence electrons. The molecule has 22 heteroatoms. The number of hydrogen-bond donors (Lipinski definition) is 11. The van der Waals surface area contributed by atoms with Crippen LogP contribution in [0.15, 0.2) is 24.3 Å². The van der Waals surface area contributed by atoms with Crippen molar-refractivity contribution in [2.45, 2.75) is 69.2 Å². The van der Waals surface area contributed by atoms with E-state index in [9.17, 15) is 48.0 Å². The van der Waals surface area contributed by atoms with Gasteiger partial charge in [-0.15, -0.1) is 0 Å². The molecule has 0 spiro atoms. The Hall–Kier alpha value is -5.11. The summed E-state index contributed by atoms with van der Waals surface area (Å²) in [5, 5.41) is 35.7. The zero-order valence-electron chi connectivity index (χ0n) is 24.7. The number of nitrogens with two attached hydrogens (primary N) is 2. The first-order chi connectivity index (χ1) is 21.7. The van der Waals surface area contributed by atoms with Gasteiger partial charge in [0.15, 0.2) is 0 Å². The Morgan fingerprint density at radius 1 is 0.745 bits per heavy atom. The van der Waals surface area contributed by atoms with Crippen LogP contribution in [0.5, 0.6) is 5.75 Å². The highest BCUT2D eigenvalue weighted by atomic mass is 31.2. The van der Waals surface area contributed by atoms with Crippen molar-refractivity contribution in [3.05, 3.63) is 29.8 Å². The second-order valence-corrected chi connectivity index (χ2v) is 11.1. The quantitative estimate of drug-likeness (QED) is 0.0586. The molecule has 0 aliphatic heterocycles. The third-order valence-corrected chi connectivity index (χ3v) is 6.47. The number of amides is 5. The van der Waals surface area contributed by atoms with Crippen LogP contribution < -0.4 is 37.3 Å². The maximum atomic E-state index is 13.1. The number of carboxylic acids is 3. The molecule has 0 unspecified atom stereocenters. The van der Waals surface area contributed by atoms with Crippen LogP contribution in [0.2, 0.25) is 0 Å². The van der Waals surface area contributed by atoms with E-state index in [0.717, 1.165) is 19.1 Å². The van der Waals surface area contributed by atoms with Crippen LogP contribution in [0, 0.1) is 0 Å². The van der Waals surface area contributed by atoms with Gasteiger partial charge in [-0.05, 0) is 31.0 Å². The first-order valence-electron chi connectivity index (χ1n) is 13.4. The lowest BCUT2D eigenvalue weighted by Crippen LogP contribution is -2.58. The number of carboxylic acid groups (broad SMARTS) is 3. The Balaban J connectivity index is 3.09. The van der Waals surface area contributed by atoms with Gasteiger partial charge in [0.1, 0.15) is 29.9 Å². The minimum absolute atomic E-state index is 0.209. The van der Waals surface area contributed by atoms with Gasteiger partial charge in [-0.1, -0.05) is 12.1 Å². The number of aliphatic carboxylic acids is 3. The number of primary amides is 1. The number of phosphoric ester groups is 1. The molecule has 5 amide bonds. The van der Waals surface area contributed by atoms with Crippen LogP contribution in [0.4, 0.5) is 0 Å². The number of hydrogen-bond acceptors (Lipinski definition) is 11. The summed E-state index contributed by atoms with van der Waals surface area (Å²) in [6, 6.07) is -3.04. The molecular weight excluding hydrogens is 655 g/mol. The molecule has 1 aromatic rings. The Morgan fingerprint density at radius 2 is 1.26 bits per heavy atom. The highest BCUT2D eigenvalue weighted by molar-refractivity contribution is 7.46. The maximum absolute atomic E-state index is 13.1. The number of benzene rings is 1. The molecule has 5 atom stereocenters. The summed E-state index contributed by atoms with van der Waals surface area (Å²) in [5.74, 6) is -10.1. The third-order valence-electron chi connectivity index (χ3n) is 6.02. The molecule has 47 heavy (non-hydrogen) atoms. The summed E-state index contributed by atoms with van der Waals surface area (Å²) >= 11 is 0. The number of carbonyl (C=O) groups is 8. The average molecular weight is 691 g/mol. The predicted octanol–water partition coefficient (Wildman–Crippen LogP) is -3.71. The van der Waals surface area contributed by atoms with E-state index in [0.29, 0.717) is 5.56 Å². The smallest absolute Gasteiger partial charge is 0.481 e. The Kier molecular flexibility index (Phi) is 15.4. The van der Waals surface area contributed by atoms with E-state index in [4.69, 9.17) is 31.5 Å². The van der Waals surface area contributed by atoms with Gasteiger partial charge >= 0.3 is 25.7 Å². The second-order valence-electron chi connectivity index (χ2n) is 9.98. The van der Waals surface area contributed by atoms with Crippen molar-refractivity contribution in [1.82, 2.24) is 21.3 Å². The molecule has 0 bridgehead atoms. The molecule has 0 aliphatic rings. The molecule has 0 fully saturated rings. The zero-order valence-corrected chi connectivity index (χ0v) is 25.5. The van der Waals surface area contributed by atoms with E-state index < -0.39 is 111 Å². The number of nitrogens with one attached hydrogen (secondary N) is 4. The van der Waals surface area contributed by atoms with Gasteiger partial charge in [0.05, 0.1) is 18.9 Å². The summed E-state index contributed by atoms with van der Waals surface area (Å²) in [6.07, 6.45) is -3.31. The van der Waals surface area contributed by atoms with E-state index in [1.165, 1.54) is 12.1 Å². The van der Waals surface area contributed by atoms with Gasteiger partial charge in [-0.25, -0.2) is 4.57 Å². The van der Waals surface area contributed by atoms with Crippen molar-refractivity contribution in [3.8, 4) is 5.75 Å². The van der Waals surface area contributed by atoms with Crippen molar-refractivity contribution >= 4 is 55.3 Å². The normalized spacial score (nSPS) is 14.2. The van der Waals surface area contributed by atoms with Crippen LogP contribution >= 0.6 is 7.82 Å². The van der Waals surface area contributed by atoms with Crippen molar-refractivity contribution in [1.29, 1.82) is 0 Å². The van der Waals surface area contributed by atoms with E-state index >= 15 is 0 Å². The van der Waals surface area contributed by atoms with Crippen molar-refractivity contribution in [2.24, 2.45) is 11.5 Å². The Bertz CT molecular complexity index is 1400. The highest BCUT2D eigenvalue weighted by Crippen LogP contribution is 2.37. The fourth-order valence-electron chi connectivity index (χ4n) is 3.71. The first-order valence-corrected chi connectivity index (χ1v) is 15.0. The maximum Gasteiger partial charge on any atom is 0.524 e. The van der Waals surface area contributed by atoms with Gasteiger partial charge < -0.3 is 52.6 Å². The van der Waals surface area contributed by atoms with Crippen molar-refractivity contribution in [2.75, 3.05) is 0 Å². The van der Waals surface area contributed by atoms with Gasteiger partial charge in [-0.3, -0.25) is 48.1 Å². The lowest BCUT2D eigenvalue weighted by atomic mass is 10.0. The minimum Gasteiger partial charge on any atom is -0.481 e. The second kappa shape index (κ2) is 18.1. The Labute approximate surface area is 265 Å². The largest absolute Gasteiger partial charge is 0.524 e. The molecule has 0 heterocycles. The third kappa shape index (κ3) is 15.6. The van der Waals surface area contributed by atoms with Crippen LogP contribution in [0.1, 0.15) is 38.2 Å². The highest BCUT2D eigenvalue weighted by Gasteiger charge is 2.32. The summed E-state index contributed by atoms with van der Waals surface area (Å²) < 4.78 is 15.4. The molecule has 0 aromatic heterocycles. The molecule has 21 nitrogen and oxygen atoms in total. The van der Waals surface area contributed by atoms with Gasteiger partial charge in [-0.2, -0.15) is 0 Å². The average Bonchev–Trinajstić information content (AvgIpc) is 2.93. The number of phosphoric acid groups is 1. The summed E-state index contributed by atoms with van der Waals surface area (Å²) in [5.41, 5.74) is 11.1. The first kappa shape index (κ1) is 39.9. The Morgan fingerprint density at radius 3 is 1.74 bits per heavy atom. The van der Waals surface area contributed by atoms with E-state index in [1.54, 1.807) is 0 Å². The van der Waals surface area contributed by atoms with Crippen molar-refractivity contribution in [3.63, 3.8) is 0 Å². The summed E-state index contributed by atoms with van der Waals surface area (Å²) in [7, 11) is -4.85. The van der Waals surface area contributed by atoms with Crippen LogP contribution in [-0.4, -0.2) is 103 Å². The number of carbonyl (C=O) groups excluding carboxylic acids is 5. The lowest BCUT2D eigenvalue weighted by molar-refractivity contribution is -0.141. The summed E-state index contributed by atoms with van der Waals surface area (Å²) in [4.78, 5) is 114. The molecule has 13 N–H and O–H groups in total. The number of rotatable bonds is 20. The van der Waals surface area contributed by atoms with Gasteiger partial charge in [0.25, 0.3) is 0 Å². The fraction of sp³-hybridized carbons (Fsp3) is 0.440. The van der Waals surface area contributed by atoms with Gasteiger partial charge in [0.2, 0.25) is 29.5 Å². The molecular formula is C25H35N6O15P. The molecule has 0 saturated heterocycles.